The van der Waals surface area contributed by atoms with Gasteiger partial charge >= 0.3 is 18.1 Å². The number of ether oxygens (including phenoxy) is 2. The minimum absolute atomic E-state index is 0.0465. The summed E-state index contributed by atoms with van der Waals surface area (Å²) in [6.07, 6.45) is 1.96. The van der Waals surface area contributed by atoms with Gasteiger partial charge in [0.05, 0.1) is 11.8 Å². The number of benzene rings is 2. The Kier molecular flexibility index (Phi) is 11.7. The Balaban J connectivity index is 1.42. The highest BCUT2D eigenvalue weighted by Crippen LogP contribution is 2.32. The first-order chi connectivity index (χ1) is 22.3. The maximum Gasteiger partial charge on any atom is 0.410 e. The number of likely N-dealkylation sites (tertiary alicyclic amines) is 1. The fourth-order valence-electron chi connectivity index (χ4n) is 6.13. The summed E-state index contributed by atoms with van der Waals surface area (Å²) in [5, 5.41) is 3.49. The van der Waals surface area contributed by atoms with Crippen LogP contribution in [0.4, 0.5) is 9.59 Å². The molecule has 254 valence electrons. The van der Waals surface area contributed by atoms with E-state index in [0.717, 1.165) is 22.6 Å². The van der Waals surface area contributed by atoms with Gasteiger partial charge in [-0.05, 0) is 76.3 Å². The molecule has 0 aromatic heterocycles. The van der Waals surface area contributed by atoms with E-state index >= 15 is 0 Å². The number of nitrogens with one attached hydrogen (secondary N) is 2. The summed E-state index contributed by atoms with van der Waals surface area (Å²) in [5.74, 6) is -3.22. The van der Waals surface area contributed by atoms with Crippen molar-refractivity contribution < 1.29 is 33.4 Å². The van der Waals surface area contributed by atoms with Gasteiger partial charge in [0.2, 0.25) is 5.91 Å². The normalized spacial score (nSPS) is 17.3. The molecule has 2 aromatic rings. The highest BCUT2D eigenvalue weighted by atomic mass is 16.6. The number of rotatable bonds is 12. The average molecular weight is 649 g/mol. The highest BCUT2D eigenvalue weighted by Gasteiger charge is 2.54. The maximum absolute atomic E-state index is 13.9. The number of urea groups is 1. The molecule has 2 aliphatic rings. The molecular weight excluding hydrogens is 600 g/mol. The zero-order valence-electron chi connectivity index (χ0n) is 28.1. The summed E-state index contributed by atoms with van der Waals surface area (Å²) in [4.78, 5) is 68.4. The molecule has 47 heavy (non-hydrogen) atoms. The van der Waals surface area contributed by atoms with Crippen LogP contribution in [-0.2, 0) is 36.9 Å². The van der Waals surface area contributed by atoms with Crippen LogP contribution in [0.2, 0.25) is 0 Å². The van der Waals surface area contributed by atoms with E-state index in [1.807, 2.05) is 74.5 Å². The van der Waals surface area contributed by atoms with Gasteiger partial charge in [0.15, 0.2) is 0 Å². The zero-order chi connectivity index (χ0) is 34.2. The predicted molar refractivity (Wildman–Crippen MR) is 175 cm³/mol. The van der Waals surface area contributed by atoms with E-state index < -0.39 is 52.9 Å². The smallest absolute Gasteiger partial charge is 0.410 e. The molecule has 2 atom stereocenters. The summed E-state index contributed by atoms with van der Waals surface area (Å²) in [5.41, 5.74) is 2.53. The number of amides is 5. The van der Waals surface area contributed by atoms with Crippen LogP contribution in [0.5, 0.6) is 0 Å². The summed E-state index contributed by atoms with van der Waals surface area (Å²) < 4.78 is 11.2. The number of nitrogens with zero attached hydrogens (tertiary/aromatic N) is 2. The molecule has 2 N–H and O–H groups in total. The number of esters is 1. The Morgan fingerprint density at radius 2 is 1.51 bits per heavy atom. The van der Waals surface area contributed by atoms with Crippen molar-refractivity contribution >= 4 is 29.9 Å². The molecule has 1 spiro atoms. The molecule has 11 heteroatoms. The van der Waals surface area contributed by atoms with E-state index in [-0.39, 0.29) is 38.5 Å². The third kappa shape index (κ3) is 9.56. The first-order valence-corrected chi connectivity index (χ1v) is 16.5. The minimum atomic E-state index is -1.26. The fraction of sp³-hybridized carbons (Fsp3) is 0.528. The zero-order valence-corrected chi connectivity index (χ0v) is 28.1. The molecule has 0 saturated carbocycles. The van der Waals surface area contributed by atoms with Gasteiger partial charge in [0, 0.05) is 13.1 Å². The van der Waals surface area contributed by atoms with Crippen LogP contribution in [0.3, 0.4) is 0 Å². The molecule has 0 unspecified atom stereocenters. The molecule has 0 radical (unpaired) electrons. The third-order valence-electron chi connectivity index (χ3n) is 8.54. The fourth-order valence-corrected chi connectivity index (χ4v) is 6.13. The van der Waals surface area contributed by atoms with Gasteiger partial charge in [-0.1, -0.05) is 74.5 Å². The van der Waals surface area contributed by atoms with Gasteiger partial charge in [-0.25, -0.2) is 9.59 Å². The quantitative estimate of drug-likeness (QED) is 0.233. The predicted octanol–water partition coefficient (Wildman–Crippen LogP) is 5.38. The van der Waals surface area contributed by atoms with Gasteiger partial charge in [-0.15, -0.1) is 0 Å². The standard InChI is InChI=1S/C36H48N4O7/c1-25(2)23-29(28(31(42)47-35(3,4)5)18-12-17-26-13-8-6-9-14-26)30(41)38-40-32(43)36(37-33(40)44)19-21-39(22-20-36)34(45)46-24-27-15-10-7-11-16-27/h6-11,13-16,25,28-29H,12,17-24H2,1-5H3,(H,37,44)(H,38,41)/t28-,29+/m0/s1. The average Bonchev–Trinajstić information content (AvgIpc) is 3.25. The monoisotopic (exact) mass is 648 g/mol. The molecule has 2 aromatic carbocycles. The summed E-state index contributed by atoms with van der Waals surface area (Å²) in [6, 6.07) is 18.5. The lowest BCUT2D eigenvalue weighted by Gasteiger charge is -2.36. The molecule has 5 amide bonds. The maximum atomic E-state index is 13.9. The number of hydrogen-bond donors (Lipinski definition) is 2. The van der Waals surface area contributed by atoms with Gasteiger partial charge < -0.3 is 19.7 Å². The second-order valence-electron chi connectivity index (χ2n) is 13.9. The van der Waals surface area contributed by atoms with E-state index in [0.29, 0.717) is 19.3 Å². The van der Waals surface area contributed by atoms with Crippen molar-refractivity contribution in [2.24, 2.45) is 17.8 Å². The third-order valence-corrected chi connectivity index (χ3v) is 8.54. The topological polar surface area (TPSA) is 134 Å². The highest BCUT2D eigenvalue weighted by molar-refractivity contribution is 6.08. The molecule has 2 fully saturated rings. The Morgan fingerprint density at radius 1 is 0.915 bits per heavy atom. The second-order valence-corrected chi connectivity index (χ2v) is 13.9. The number of carbonyl (C=O) groups excluding carboxylic acids is 5. The van der Waals surface area contributed by atoms with Crippen molar-refractivity contribution in [2.45, 2.75) is 90.9 Å². The van der Waals surface area contributed by atoms with Crippen LogP contribution >= 0.6 is 0 Å². The SMILES string of the molecule is CC(C)C[C@@H](C(=O)NN1C(=O)NC2(CCN(C(=O)OCc3ccccc3)CC2)C1=O)[C@H](CCCc1ccccc1)C(=O)OC(C)(C)C. The number of hydrazine groups is 1. The number of aryl methyl sites for hydroxylation is 1. The van der Waals surface area contributed by atoms with Crippen molar-refractivity contribution in [1.82, 2.24) is 20.7 Å². The molecule has 2 aliphatic heterocycles. The first-order valence-electron chi connectivity index (χ1n) is 16.5. The van der Waals surface area contributed by atoms with E-state index in [2.05, 4.69) is 10.7 Å². The molecule has 11 nitrogen and oxygen atoms in total. The number of piperidine rings is 1. The van der Waals surface area contributed by atoms with E-state index in [1.54, 1.807) is 20.8 Å². The summed E-state index contributed by atoms with van der Waals surface area (Å²) in [7, 11) is 0. The van der Waals surface area contributed by atoms with Crippen LogP contribution in [0, 0.1) is 17.8 Å². The van der Waals surface area contributed by atoms with Crippen LogP contribution in [0.15, 0.2) is 60.7 Å². The van der Waals surface area contributed by atoms with Crippen LogP contribution in [0.1, 0.15) is 77.8 Å². The lowest BCUT2D eigenvalue weighted by atomic mass is 9.81. The Bertz CT molecular complexity index is 1400. The van der Waals surface area contributed by atoms with E-state index in [4.69, 9.17) is 9.47 Å². The number of imide groups is 1. The van der Waals surface area contributed by atoms with Gasteiger partial charge in [-0.3, -0.25) is 19.8 Å². The van der Waals surface area contributed by atoms with Crippen molar-refractivity contribution in [3.8, 4) is 0 Å². The summed E-state index contributed by atoms with van der Waals surface area (Å²) in [6.45, 7) is 9.78. The van der Waals surface area contributed by atoms with Crippen LogP contribution < -0.4 is 10.7 Å². The van der Waals surface area contributed by atoms with Crippen molar-refractivity contribution in [3.63, 3.8) is 0 Å². The van der Waals surface area contributed by atoms with Crippen molar-refractivity contribution in [1.29, 1.82) is 0 Å². The molecule has 2 saturated heterocycles. The Labute approximate surface area is 277 Å². The molecule has 0 aliphatic carbocycles. The molecule has 2 heterocycles. The largest absolute Gasteiger partial charge is 0.460 e. The van der Waals surface area contributed by atoms with Crippen molar-refractivity contribution in [2.75, 3.05) is 13.1 Å². The van der Waals surface area contributed by atoms with Gasteiger partial charge in [0.1, 0.15) is 17.7 Å². The van der Waals surface area contributed by atoms with Gasteiger partial charge in [-0.2, -0.15) is 5.01 Å². The van der Waals surface area contributed by atoms with Crippen LogP contribution in [0.25, 0.3) is 0 Å². The number of hydrogen-bond acceptors (Lipinski definition) is 7. The lowest BCUT2D eigenvalue weighted by molar-refractivity contribution is -0.165. The minimum Gasteiger partial charge on any atom is -0.460 e. The van der Waals surface area contributed by atoms with Crippen LogP contribution in [-0.4, -0.2) is 64.0 Å². The second kappa shape index (κ2) is 15.5. The van der Waals surface area contributed by atoms with Crippen molar-refractivity contribution in [3.05, 3.63) is 71.8 Å². The Hall–Kier alpha value is -4.41. The van der Waals surface area contributed by atoms with Gasteiger partial charge in [0.25, 0.3) is 5.91 Å². The number of carbonyl (C=O) groups is 5. The van der Waals surface area contributed by atoms with E-state index in [1.165, 1.54) is 4.90 Å². The molecular formula is C36H48N4O7. The Morgan fingerprint density at radius 3 is 2.09 bits per heavy atom. The first kappa shape index (κ1) is 35.4. The lowest BCUT2D eigenvalue weighted by Crippen LogP contribution is -2.57. The molecule has 4 rings (SSSR count). The molecule has 0 bridgehead atoms. The summed E-state index contributed by atoms with van der Waals surface area (Å²) >= 11 is 0. The van der Waals surface area contributed by atoms with E-state index in [9.17, 15) is 24.0 Å².